The van der Waals surface area contributed by atoms with Gasteiger partial charge in [-0.25, -0.2) is 0 Å². The van der Waals surface area contributed by atoms with E-state index in [1.165, 1.54) is 12.1 Å². The number of halogens is 1. The number of nitrogens with zero attached hydrogens (tertiary/aromatic N) is 2. The molecule has 7 nitrogen and oxygen atoms in total. The zero-order valence-electron chi connectivity index (χ0n) is 16.7. The third kappa shape index (κ3) is 4.18. The summed E-state index contributed by atoms with van der Waals surface area (Å²) in [4.78, 5) is 26.3. The highest BCUT2D eigenvalue weighted by Gasteiger charge is 2.33. The minimum Gasteiger partial charge on any atom is -0.456 e. The highest BCUT2D eigenvalue weighted by atomic mass is 35.5. The van der Waals surface area contributed by atoms with Gasteiger partial charge in [-0.3, -0.25) is 14.9 Å². The molecule has 0 unspecified atom stereocenters. The van der Waals surface area contributed by atoms with E-state index < -0.39 is 4.92 Å². The molecule has 1 aliphatic heterocycles. The molecule has 31 heavy (non-hydrogen) atoms. The molecule has 0 bridgehead atoms. The minimum atomic E-state index is -0.551. The summed E-state index contributed by atoms with van der Waals surface area (Å²) in [5, 5.41) is 12.0. The molecular formula is C23H19ClN2O5. The fourth-order valence-corrected chi connectivity index (χ4v) is 3.56. The van der Waals surface area contributed by atoms with Gasteiger partial charge >= 0.3 is 0 Å². The highest BCUT2D eigenvalue weighted by molar-refractivity contribution is 6.30. The molecule has 0 aromatic heterocycles. The van der Waals surface area contributed by atoms with E-state index in [0.29, 0.717) is 28.8 Å². The number of para-hydroxylation sites is 2. The van der Waals surface area contributed by atoms with Crippen molar-refractivity contribution in [1.29, 1.82) is 0 Å². The summed E-state index contributed by atoms with van der Waals surface area (Å²) in [5.41, 5.74) is 0.481. The molecule has 3 aromatic carbocycles. The number of hydrogen-bond acceptors (Lipinski definition) is 5. The van der Waals surface area contributed by atoms with Crippen LogP contribution in [0.25, 0.3) is 0 Å². The Morgan fingerprint density at radius 1 is 1.10 bits per heavy atom. The predicted molar refractivity (Wildman–Crippen MR) is 118 cm³/mol. The van der Waals surface area contributed by atoms with Crippen molar-refractivity contribution in [1.82, 2.24) is 0 Å². The van der Waals surface area contributed by atoms with E-state index in [2.05, 4.69) is 0 Å². The Kier molecular flexibility index (Phi) is 5.77. The molecule has 0 fully saturated rings. The number of unbranched alkanes of at least 4 members (excludes halogenated alkanes) is 1. The standard InChI is InChI=1S/C23H19ClN2O5/c1-2-3-11-25-18-9-4-5-10-19(18)31-21-14-16(26(28)29)13-20(22(21)23(25)27)30-17-8-6-7-15(24)12-17/h4-10,12-14H,2-3,11H2,1H3. The monoisotopic (exact) mass is 438 g/mol. The van der Waals surface area contributed by atoms with Crippen molar-refractivity contribution in [3.05, 3.63) is 81.4 Å². The topological polar surface area (TPSA) is 81.9 Å². The van der Waals surface area contributed by atoms with Crippen molar-refractivity contribution in [3.8, 4) is 23.0 Å². The Morgan fingerprint density at radius 3 is 2.65 bits per heavy atom. The Morgan fingerprint density at radius 2 is 1.90 bits per heavy atom. The number of amides is 1. The third-order valence-electron chi connectivity index (χ3n) is 4.86. The Balaban J connectivity index is 1.89. The number of hydrogen-bond donors (Lipinski definition) is 0. The summed E-state index contributed by atoms with van der Waals surface area (Å²) in [6.45, 7) is 2.51. The number of nitro groups is 1. The lowest BCUT2D eigenvalue weighted by Gasteiger charge is -2.22. The van der Waals surface area contributed by atoms with Crippen LogP contribution in [0.3, 0.4) is 0 Å². The van der Waals surface area contributed by atoms with Gasteiger partial charge in [0.05, 0.1) is 22.7 Å². The number of carbonyl (C=O) groups excluding carboxylic acids is 1. The van der Waals surface area contributed by atoms with Crippen molar-refractivity contribution >= 4 is 28.9 Å². The van der Waals surface area contributed by atoms with Crippen molar-refractivity contribution in [2.24, 2.45) is 0 Å². The molecular weight excluding hydrogens is 420 g/mol. The van der Waals surface area contributed by atoms with Gasteiger partial charge < -0.3 is 14.4 Å². The minimum absolute atomic E-state index is 0.0331. The third-order valence-corrected chi connectivity index (χ3v) is 5.09. The fourth-order valence-electron chi connectivity index (χ4n) is 3.38. The summed E-state index contributed by atoms with van der Waals surface area (Å²) < 4.78 is 11.9. The van der Waals surface area contributed by atoms with Crippen molar-refractivity contribution in [3.63, 3.8) is 0 Å². The normalized spacial score (nSPS) is 12.5. The molecule has 1 heterocycles. The lowest BCUT2D eigenvalue weighted by molar-refractivity contribution is -0.385. The summed E-state index contributed by atoms with van der Waals surface area (Å²) in [5.74, 6) is 0.554. The van der Waals surface area contributed by atoms with Gasteiger partial charge in [-0.15, -0.1) is 0 Å². The van der Waals surface area contributed by atoms with Crippen LogP contribution < -0.4 is 14.4 Å². The average molecular weight is 439 g/mol. The first-order valence-corrected chi connectivity index (χ1v) is 10.2. The van der Waals surface area contributed by atoms with E-state index in [1.54, 1.807) is 47.4 Å². The first-order chi connectivity index (χ1) is 15.0. The van der Waals surface area contributed by atoms with Gasteiger partial charge in [0.2, 0.25) is 0 Å². The second-order valence-electron chi connectivity index (χ2n) is 7.01. The van der Waals surface area contributed by atoms with E-state index >= 15 is 0 Å². The molecule has 0 N–H and O–H groups in total. The number of rotatable bonds is 6. The molecule has 1 amide bonds. The second kappa shape index (κ2) is 8.65. The van der Waals surface area contributed by atoms with Crippen LogP contribution in [0.2, 0.25) is 5.02 Å². The Bertz CT molecular complexity index is 1160. The zero-order valence-corrected chi connectivity index (χ0v) is 17.5. The van der Waals surface area contributed by atoms with Crippen LogP contribution in [-0.4, -0.2) is 17.4 Å². The number of fused-ring (bicyclic) bond motifs is 2. The quantitative estimate of drug-likeness (QED) is 0.320. The van der Waals surface area contributed by atoms with Crippen LogP contribution in [0.4, 0.5) is 11.4 Å². The second-order valence-corrected chi connectivity index (χ2v) is 7.45. The summed E-state index contributed by atoms with van der Waals surface area (Å²) in [6, 6.07) is 16.2. The van der Waals surface area contributed by atoms with Gasteiger partial charge in [-0.2, -0.15) is 0 Å². The molecule has 0 atom stereocenters. The SMILES string of the molecule is CCCCN1C(=O)c2c(Oc3cccc(Cl)c3)cc([N+](=O)[O-])cc2Oc2ccccc21. The molecule has 0 aliphatic carbocycles. The van der Waals surface area contributed by atoms with Crippen molar-refractivity contribution in [2.75, 3.05) is 11.4 Å². The van der Waals surface area contributed by atoms with Crippen LogP contribution in [0.1, 0.15) is 30.1 Å². The molecule has 4 rings (SSSR count). The van der Waals surface area contributed by atoms with Gasteiger partial charge in [-0.1, -0.05) is 43.1 Å². The van der Waals surface area contributed by atoms with Crippen LogP contribution >= 0.6 is 11.6 Å². The maximum Gasteiger partial charge on any atom is 0.276 e. The maximum atomic E-state index is 13.6. The van der Waals surface area contributed by atoms with Crippen LogP contribution in [0.5, 0.6) is 23.0 Å². The number of nitro benzene ring substituents is 1. The van der Waals surface area contributed by atoms with E-state index in [1.807, 2.05) is 13.0 Å². The van der Waals surface area contributed by atoms with Crippen LogP contribution in [0, 0.1) is 10.1 Å². The smallest absolute Gasteiger partial charge is 0.276 e. The molecule has 0 spiro atoms. The number of non-ortho nitro benzene ring substituents is 1. The van der Waals surface area contributed by atoms with Gasteiger partial charge in [0, 0.05) is 11.6 Å². The molecule has 0 saturated heterocycles. The van der Waals surface area contributed by atoms with Crippen molar-refractivity contribution in [2.45, 2.75) is 19.8 Å². The van der Waals surface area contributed by atoms with E-state index in [9.17, 15) is 14.9 Å². The van der Waals surface area contributed by atoms with Gasteiger partial charge in [0.25, 0.3) is 11.6 Å². The lowest BCUT2D eigenvalue weighted by atomic mass is 10.1. The molecule has 1 aliphatic rings. The predicted octanol–water partition coefficient (Wildman–Crippen LogP) is 6.59. The summed E-state index contributed by atoms with van der Waals surface area (Å²) in [7, 11) is 0. The fraction of sp³-hybridized carbons (Fsp3) is 0.174. The lowest BCUT2D eigenvalue weighted by Crippen LogP contribution is -2.31. The molecule has 3 aromatic rings. The molecule has 0 saturated carbocycles. The van der Waals surface area contributed by atoms with Gasteiger partial charge in [0.15, 0.2) is 17.2 Å². The van der Waals surface area contributed by atoms with Gasteiger partial charge in [-0.05, 0) is 36.8 Å². The Hall–Kier alpha value is -3.58. The average Bonchev–Trinajstić information content (AvgIpc) is 2.86. The number of anilines is 1. The van der Waals surface area contributed by atoms with E-state index in [4.69, 9.17) is 21.1 Å². The van der Waals surface area contributed by atoms with Crippen LogP contribution in [0.15, 0.2) is 60.7 Å². The largest absolute Gasteiger partial charge is 0.456 e. The zero-order chi connectivity index (χ0) is 22.0. The number of ether oxygens (including phenoxy) is 2. The molecule has 8 heteroatoms. The van der Waals surface area contributed by atoms with Crippen LogP contribution in [-0.2, 0) is 0 Å². The summed E-state index contributed by atoms with van der Waals surface area (Å²) in [6.07, 6.45) is 1.68. The highest BCUT2D eigenvalue weighted by Crippen LogP contribution is 2.45. The van der Waals surface area contributed by atoms with E-state index in [0.717, 1.165) is 12.8 Å². The molecule has 0 radical (unpaired) electrons. The van der Waals surface area contributed by atoms with E-state index in [-0.39, 0.29) is 28.7 Å². The molecule has 158 valence electrons. The number of benzene rings is 3. The van der Waals surface area contributed by atoms with Crippen molar-refractivity contribution < 1.29 is 19.2 Å². The van der Waals surface area contributed by atoms with Gasteiger partial charge in [0.1, 0.15) is 11.3 Å². The number of carbonyl (C=O) groups is 1. The Labute approximate surface area is 183 Å². The first-order valence-electron chi connectivity index (χ1n) is 9.82. The maximum absolute atomic E-state index is 13.6. The first kappa shape index (κ1) is 20.7. The summed E-state index contributed by atoms with van der Waals surface area (Å²) >= 11 is 6.04.